The molecule has 5 heteroatoms. The molecule has 0 amide bonds. The van der Waals surface area contributed by atoms with E-state index in [2.05, 4.69) is 4.98 Å². The van der Waals surface area contributed by atoms with Crippen molar-refractivity contribution < 1.29 is 8.78 Å². The second kappa shape index (κ2) is 3.92. The van der Waals surface area contributed by atoms with Crippen molar-refractivity contribution in [2.24, 2.45) is 5.73 Å². The molecule has 68 valence electrons. The molecule has 1 rings (SSSR count). The van der Waals surface area contributed by atoms with Crippen LogP contribution in [0.5, 0.6) is 0 Å². The Bertz CT molecular complexity index is 344. The van der Waals surface area contributed by atoms with Crippen molar-refractivity contribution >= 4 is 0 Å². The van der Waals surface area contributed by atoms with Crippen molar-refractivity contribution in [2.45, 2.75) is 13.0 Å². The minimum absolute atomic E-state index is 0.0502. The smallest absolute Gasteiger partial charge is 0.265 e. The molecule has 0 radical (unpaired) electrons. The van der Waals surface area contributed by atoms with Crippen LogP contribution in [0.2, 0.25) is 0 Å². The van der Waals surface area contributed by atoms with Crippen LogP contribution in [0.1, 0.15) is 23.2 Å². The summed E-state index contributed by atoms with van der Waals surface area (Å²) in [7, 11) is 0. The molecule has 0 aliphatic rings. The van der Waals surface area contributed by atoms with Gasteiger partial charge in [-0.3, -0.25) is 4.98 Å². The zero-order valence-electron chi connectivity index (χ0n) is 6.67. The summed E-state index contributed by atoms with van der Waals surface area (Å²) >= 11 is 0. The van der Waals surface area contributed by atoms with E-state index in [0.717, 1.165) is 6.07 Å². The molecule has 1 aromatic heterocycles. The van der Waals surface area contributed by atoms with E-state index >= 15 is 0 Å². The largest absolute Gasteiger partial charge is 0.325 e. The number of alkyl halides is 2. The third-order valence-corrected chi connectivity index (χ3v) is 1.56. The Morgan fingerprint density at radius 2 is 2.31 bits per heavy atom. The number of aromatic nitrogens is 1. The summed E-state index contributed by atoms with van der Waals surface area (Å²) in [4.78, 5) is 3.66. The van der Waals surface area contributed by atoms with Gasteiger partial charge in [0.2, 0.25) is 0 Å². The van der Waals surface area contributed by atoms with Crippen LogP contribution in [0.3, 0.4) is 0 Å². The third-order valence-electron chi connectivity index (χ3n) is 1.56. The number of nitrogens with two attached hydrogens (primary N) is 1. The van der Waals surface area contributed by atoms with E-state index in [-0.39, 0.29) is 23.4 Å². The number of nitriles is 1. The first kappa shape index (κ1) is 9.55. The Morgan fingerprint density at radius 3 is 2.77 bits per heavy atom. The van der Waals surface area contributed by atoms with Crippen molar-refractivity contribution in [1.29, 1.82) is 5.26 Å². The molecule has 0 unspecified atom stereocenters. The monoisotopic (exact) mass is 183 g/mol. The fourth-order valence-corrected chi connectivity index (χ4v) is 0.931. The molecule has 0 atom stereocenters. The van der Waals surface area contributed by atoms with Gasteiger partial charge in [-0.25, -0.2) is 8.78 Å². The highest BCUT2D eigenvalue weighted by molar-refractivity contribution is 5.33. The molecule has 0 aromatic carbocycles. The van der Waals surface area contributed by atoms with Gasteiger partial charge in [-0.1, -0.05) is 0 Å². The summed E-state index contributed by atoms with van der Waals surface area (Å²) in [5, 5.41) is 8.44. The SMILES string of the molecule is N#Cc1cnc(CN)c(C(F)F)c1. The Labute approximate surface area is 73.8 Å². The van der Waals surface area contributed by atoms with Crippen molar-refractivity contribution in [2.75, 3.05) is 0 Å². The van der Waals surface area contributed by atoms with Crippen molar-refractivity contribution in [1.82, 2.24) is 4.98 Å². The maximum absolute atomic E-state index is 12.3. The molecule has 0 fully saturated rings. The Balaban J connectivity index is 3.20. The zero-order valence-corrected chi connectivity index (χ0v) is 6.67. The van der Waals surface area contributed by atoms with E-state index in [1.165, 1.54) is 6.20 Å². The average Bonchev–Trinajstić information content (AvgIpc) is 2.16. The van der Waals surface area contributed by atoms with E-state index in [9.17, 15) is 8.78 Å². The van der Waals surface area contributed by atoms with Crippen LogP contribution in [-0.4, -0.2) is 4.98 Å². The predicted molar refractivity (Wildman–Crippen MR) is 41.8 cm³/mol. The van der Waals surface area contributed by atoms with Gasteiger partial charge in [0.05, 0.1) is 11.3 Å². The predicted octanol–water partition coefficient (Wildman–Crippen LogP) is 1.35. The van der Waals surface area contributed by atoms with Crippen LogP contribution in [0.25, 0.3) is 0 Å². The molecule has 0 spiro atoms. The van der Waals surface area contributed by atoms with Gasteiger partial charge >= 0.3 is 0 Å². The normalized spacial score (nSPS) is 10.1. The lowest BCUT2D eigenvalue weighted by molar-refractivity contribution is 0.149. The highest BCUT2D eigenvalue weighted by Gasteiger charge is 2.13. The fraction of sp³-hybridized carbons (Fsp3) is 0.250. The topological polar surface area (TPSA) is 62.7 Å². The highest BCUT2D eigenvalue weighted by Crippen LogP contribution is 2.21. The van der Waals surface area contributed by atoms with Crippen LogP contribution in [-0.2, 0) is 6.54 Å². The van der Waals surface area contributed by atoms with Crippen LogP contribution >= 0.6 is 0 Å². The number of pyridine rings is 1. The summed E-state index contributed by atoms with van der Waals surface area (Å²) in [6.07, 6.45) is -1.41. The zero-order chi connectivity index (χ0) is 9.84. The van der Waals surface area contributed by atoms with Gasteiger partial charge in [-0.2, -0.15) is 5.26 Å². The molecule has 1 aromatic rings. The molecule has 3 nitrogen and oxygen atoms in total. The lowest BCUT2D eigenvalue weighted by Gasteiger charge is -2.04. The first-order valence-electron chi connectivity index (χ1n) is 3.56. The molecule has 0 saturated carbocycles. The van der Waals surface area contributed by atoms with Gasteiger partial charge in [0.1, 0.15) is 6.07 Å². The lowest BCUT2D eigenvalue weighted by atomic mass is 10.1. The second-order valence-electron chi connectivity index (χ2n) is 2.38. The molecule has 0 aliphatic heterocycles. The van der Waals surface area contributed by atoms with Gasteiger partial charge in [-0.15, -0.1) is 0 Å². The van der Waals surface area contributed by atoms with E-state index < -0.39 is 6.43 Å². The third kappa shape index (κ3) is 1.98. The maximum atomic E-state index is 12.3. The van der Waals surface area contributed by atoms with Gasteiger partial charge < -0.3 is 5.73 Å². The Kier molecular flexibility index (Phi) is 2.88. The Morgan fingerprint density at radius 1 is 1.62 bits per heavy atom. The quantitative estimate of drug-likeness (QED) is 0.752. The standard InChI is InChI=1S/C8H7F2N3/c9-8(10)6-1-5(2-11)4-13-7(6)3-12/h1,4,8H,3,12H2. The summed E-state index contributed by atoms with van der Waals surface area (Å²) in [5.41, 5.74) is 5.19. The molecule has 13 heavy (non-hydrogen) atoms. The first-order chi connectivity index (χ1) is 6.19. The van der Waals surface area contributed by atoms with Crippen molar-refractivity contribution in [3.8, 4) is 6.07 Å². The number of hydrogen-bond acceptors (Lipinski definition) is 3. The van der Waals surface area contributed by atoms with E-state index in [4.69, 9.17) is 11.0 Å². The molecule has 0 saturated heterocycles. The van der Waals surface area contributed by atoms with E-state index in [1.807, 2.05) is 0 Å². The van der Waals surface area contributed by atoms with E-state index in [1.54, 1.807) is 6.07 Å². The van der Waals surface area contributed by atoms with E-state index in [0.29, 0.717) is 0 Å². The maximum Gasteiger partial charge on any atom is 0.265 e. The summed E-state index contributed by atoms with van der Waals surface area (Å²) < 4.78 is 24.7. The summed E-state index contributed by atoms with van der Waals surface area (Å²) in [6.45, 7) is -0.0502. The lowest BCUT2D eigenvalue weighted by Crippen LogP contribution is -2.05. The van der Waals surface area contributed by atoms with Crippen LogP contribution in [0, 0.1) is 11.3 Å². The minimum atomic E-state index is -2.64. The van der Waals surface area contributed by atoms with Crippen LogP contribution < -0.4 is 5.73 Å². The van der Waals surface area contributed by atoms with Gasteiger partial charge in [-0.05, 0) is 6.07 Å². The molecule has 0 bridgehead atoms. The van der Waals surface area contributed by atoms with Crippen molar-refractivity contribution in [3.63, 3.8) is 0 Å². The number of hydrogen-bond donors (Lipinski definition) is 1. The van der Waals surface area contributed by atoms with Gasteiger partial charge in [0.15, 0.2) is 0 Å². The fourth-order valence-electron chi connectivity index (χ4n) is 0.931. The van der Waals surface area contributed by atoms with Crippen molar-refractivity contribution in [3.05, 3.63) is 29.1 Å². The minimum Gasteiger partial charge on any atom is -0.325 e. The van der Waals surface area contributed by atoms with Crippen LogP contribution in [0.4, 0.5) is 8.78 Å². The second-order valence-corrected chi connectivity index (χ2v) is 2.38. The molecule has 1 heterocycles. The molecular weight excluding hydrogens is 176 g/mol. The summed E-state index contributed by atoms with van der Waals surface area (Å²) in [6, 6.07) is 2.85. The van der Waals surface area contributed by atoms with Crippen LogP contribution in [0.15, 0.2) is 12.3 Å². The molecule has 2 N–H and O–H groups in total. The summed E-state index contributed by atoms with van der Waals surface area (Å²) in [5.74, 6) is 0. The molecular formula is C8H7F2N3. The van der Waals surface area contributed by atoms with Gasteiger partial charge in [0.25, 0.3) is 6.43 Å². The number of nitrogens with zero attached hydrogens (tertiary/aromatic N) is 2. The first-order valence-corrected chi connectivity index (χ1v) is 3.56. The number of halogens is 2. The molecule has 0 aliphatic carbocycles. The highest BCUT2D eigenvalue weighted by atomic mass is 19.3. The Hall–Kier alpha value is -1.54. The van der Waals surface area contributed by atoms with Gasteiger partial charge in [0, 0.05) is 18.3 Å². The average molecular weight is 183 g/mol. The number of rotatable bonds is 2.